The highest BCUT2D eigenvalue weighted by Crippen LogP contribution is 2.24. The van der Waals surface area contributed by atoms with Crippen LogP contribution in [0.5, 0.6) is 0 Å². The molecule has 24 heavy (non-hydrogen) atoms. The summed E-state index contributed by atoms with van der Waals surface area (Å²) in [6.45, 7) is 0.762. The van der Waals surface area contributed by atoms with Gasteiger partial charge in [0.1, 0.15) is 5.76 Å². The van der Waals surface area contributed by atoms with Gasteiger partial charge in [-0.15, -0.1) is 0 Å². The van der Waals surface area contributed by atoms with Gasteiger partial charge in [-0.05, 0) is 17.7 Å². The highest BCUT2D eigenvalue weighted by Gasteiger charge is 2.33. The smallest absolute Gasteiger partial charge is 0.239 e. The van der Waals surface area contributed by atoms with E-state index >= 15 is 0 Å². The van der Waals surface area contributed by atoms with Crippen LogP contribution in [-0.4, -0.2) is 24.9 Å². The summed E-state index contributed by atoms with van der Waals surface area (Å²) in [6.07, 6.45) is 1.55. The summed E-state index contributed by atoms with van der Waals surface area (Å²) in [6, 6.07) is 13.2. The molecule has 1 aliphatic rings. The van der Waals surface area contributed by atoms with Gasteiger partial charge >= 0.3 is 0 Å². The zero-order valence-corrected chi connectivity index (χ0v) is 13.1. The lowest BCUT2D eigenvalue weighted by molar-refractivity contribution is -0.128. The molecule has 1 aromatic carbocycles. The van der Waals surface area contributed by atoms with Crippen LogP contribution < -0.4 is 21.5 Å². The molecule has 0 saturated carbocycles. The van der Waals surface area contributed by atoms with E-state index in [4.69, 9.17) is 4.42 Å². The summed E-state index contributed by atoms with van der Waals surface area (Å²) >= 11 is 0. The third-order valence-electron chi connectivity index (χ3n) is 3.94. The summed E-state index contributed by atoms with van der Waals surface area (Å²) < 4.78 is 5.14. The van der Waals surface area contributed by atoms with E-state index in [2.05, 4.69) is 21.5 Å². The summed E-state index contributed by atoms with van der Waals surface area (Å²) in [5.41, 5.74) is 7.15. The Hall–Kier alpha value is -2.64. The Kier molecular flexibility index (Phi) is 5.25. The van der Waals surface area contributed by atoms with E-state index in [-0.39, 0.29) is 30.3 Å². The van der Waals surface area contributed by atoms with Gasteiger partial charge < -0.3 is 15.1 Å². The molecule has 2 unspecified atom stereocenters. The number of benzene rings is 1. The van der Waals surface area contributed by atoms with Gasteiger partial charge in [0.05, 0.1) is 31.3 Å². The molecule has 126 valence electrons. The summed E-state index contributed by atoms with van der Waals surface area (Å²) in [7, 11) is 0. The van der Waals surface area contributed by atoms with E-state index in [0.717, 1.165) is 5.56 Å². The third-order valence-corrected chi connectivity index (χ3v) is 3.94. The molecule has 0 spiro atoms. The fraction of sp³-hybridized carbons (Fsp3) is 0.294. The van der Waals surface area contributed by atoms with Crippen molar-refractivity contribution in [2.45, 2.75) is 12.6 Å². The normalized spacial score (nSPS) is 19.8. The molecule has 0 bridgehead atoms. The summed E-state index contributed by atoms with van der Waals surface area (Å²) in [4.78, 5) is 24.2. The Labute approximate surface area is 139 Å². The highest BCUT2D eigenvalue weighted by atomic mass is 16.3. The van der Waals surface area contributed by atoms with Gasteiger partial charge in [0.25, 0.3) is 0 Å². The minimum atomic E-state index is -0.273. The summed E-state index contributed by atoms with van der Waals surface area (Å²) in [5, 5.41) is 5.39. The highest BCUT2D eigenvalue weighted by molar-refractivity contribution is 5.86. The summed E-state index contributed by atoms with van der Waals surface area (Å²) in [5.74, 6) is -0.0160. The van der Waals surface area contributed by atoms with E-state index in [9.17, 15) is 9.59 Å². The second-order valence-corrected chi connectivity index (χ2v) is 5.59. The Balaban J connectivity index is 1.48. The molecule has 1 saturated heterocycles. The lowest BCUT2D eigenvalue weighted by Crippen LogP contribution is -2.41. The number of nitrogens with one attached hydrogen (secondary N) is 4. The number of furan rings is 1. The lowest BCUT2D eigenvalue weighted by atomic mass is 9.94. The number of carbonyl (C=O) groups is 2. The van der Waals surface area contributed by atoms with Gasteiger partial charge in [-0.1, -0.05) is 30.3 Å². The van der Waals surface area contributed by atoms with Crippen molar-refractivity contribution in [1.29, 1.82) is 0 Å². The van der Waals surface area contributed by atoms with E-state index in [0.29, 0.717) is 18.8 Å². The molecule has 4 N–H and O–H groups in total. The van der Waals surface area contributed by atoms with Crippen LogP contribution in [0.25, 0.3) is 0 Å². The average molecular weight is 328 g/mol. The number of hydrazine groups is 1. The molecule has 7 heteroatoms. The van der Waals surface area contributed by atoms with Gasteiger partial charge in [-0.2, -0.15) is 0 Å². The Bertz CT molecular complexity index is 672. The molecule has 2 heterocycles. The molecule has 7 nitrogen and oxygen atoms in total. The Morgan fingerprint density at radius 1 is 1.12 bits per heavy atom. The third kappa shape index (κ3) is 4.01. The number of carbonyl (C=O) groups excluding carboxylic acids is 2. The van der Waals surface area contributed by atoms with Gasteiger partial charge in [0.15, 0.2) is 0 Å². The van der Waals surface area contributed by atoms with Crippen molar-refractivity contribution in [3.63, 3.8) is 0 Å². The SMILES string of the molecule is O=C(CNC(=O)C1CNNC1c1ccccc1)NCc1ccco1. The quantitative estimate of drug-likeness (QED) is 0.619. The standard InChI is InChI=1S/C17H20N4O3/c22-15(18-9-13-7-4-8-24-13)11-19-17(23)14-10-20-21-16(14)12-5-2-1-3-6-12/h1-8,14,16,20-21H,9-11H2,(H,18,22)(H,19,23). The first kappa shape index (κ1) is 16.2. The molecule has 0 aliphatic carbocycles. The second-order valence-electron chi connectivity index (χ2n) is 5.59. The zero-order valence-electron chi connectivity index (χ0n) is 13.1. The van der Waals surface area contributed by atoms with Crippen LogP contribution in [0.3, 0.4) is 0 Å². The molecule has 3 rings (SSSR count). The van der Waals surface area contributed by atoms with Crippen molar-refractivity contribution in [3.8, 4) is 0 Å². The lowest BCUT2D eigenvalue weighted by Gasteiger charge is -2.18. The van der Waals surface area contributed by atoms with Crippen LogP contribution in [0.15, 0.2) is 53.1 Å². The second kappa shape index (κ2) is 7.76. The monoisotopic (exact) mass is 328 g/mol. The minimum absolute atomic E-state index is 0.0580. The first-order valence-electron chi connectivity index (χ1n) is 7.84. The van der Waals surface area contributed by atoms with Crippen molar-refractivity contribution >= 4 is 11.8 Å². The predicted octanol–water partition coefficient (Wildman–Crippen LogP) is 0.477. The predicted molar refractivity (Wildman–Crippen MR) is 87.4 cm³/mol. The molecule has 2 amide bonds. The molecular formula is C17H20N4O3. The first-order valence-corrected chi connectivity index (χ1v) is 7.84. The molecule has 1 aliphatic heterocycles. The van der Waals surface area contributed by atoms with Gasteiger partial charge in [0, 0.05) is 6.54 Å². The van der Waals surface area contributed by atoms with Crippen LogP contribution in [-0.2, 0) is 16.1 Å². The van der Waals surface area contributed by atoms with Crippen molar-refractivity contribution in [2.75, 3.05) is 13.1 Å². The van der Waals surface area contributed by atoms with Gasteiger partial charge in [-0.3, -0.25) is 15.0 Å². The van der Waals surface area contributed by atoms with Crippen molar-refractivity contribution in [3.05, 3.63) is 60.1 Å². The Morgan fingerprint density at radius 3 is 2.71 bits per heavy atom. The van der Waals surface area contributed by atoms with Crippen LogP contribution >= 0.6 is 0 Å². The van der Waals surface area contributed by atoms with Gasteiger partial charge in [-0.25, -0.2) is 5.43 Å². The van der Waals surface area contributed by atoms with E-state index < -0.39 is 0 Å². The maximum atomic E-state index is 12.4. The van der Waals surface area contributed by atoms with Crippen molar-refractivity contribution in [1.82, 2.24) is 21.5 Å². The molecule has 0 radical (unpaired) electrons. The maximum absolute atomic E-state index is 12.4. The van der Waals surface area contributed by atoms with Crippen LogP contribution in [0.2, 0.25) is 0 Å². The molecule has 2 atom stereocenters. The fourth-order valence-corrected chi connectivity index (χ4v) is 2.68. The van der Waals surface area contributed by atoms with Crippen LogP contribution in [0.4, 0.5) is 0 Å². The van der Waals surface area contributed by atoms with Crippen molar-refractivity contribution in [2.24, 2.45) is 5.92 Å². The minimum Gasteiger partial charge on any atom is -0.467 e. The number of rotatable bonds is 6. The van der Waals surface area contributed by atoms with Gasteiger partial charge in [0.2, 0.25) is 11.8 Å². The first-order chi connectivity index (χ1) is 11.7. The molecule has 2 aromatic rings. The zero-order chi connectivity index (χ0) is 16.8. The topological polar surface area (TPSA) is 95.4 Å². The fourth-order valence-electron chi connectivity index (χ4n) is 2.68. The van der Waals surface area contributed by atoms with Crippen molar-refractivity contribution < 1.29 is 14.0 Å². The Morgan fingerprint density at radius 2 is 1.96 bits per heavy atom. The van der Waals surface area contributed by atoms with Crippen LogP contribution in [0.1, 0.15) is 17.4 Å². The largest absolute Gasteiger partial charge is 0.467 e. The van der Waals surface area contributed by atoms with E-state index in [1.807, 2.05) is 30.3 Å². The molecule has 1 fully saturated rings. The average Bonchev–Trinajstić information content (AvgIpc) is 3.30. The maximum Gasteiger partial charge on any atom is 0.239 e. The number of hydrogen-bond acceptors (Lipinski definition) is 5. The van der Waals surface area contributed by atoms with E-state index in [1.165, 1.54) is 0 Å². The molecule has 1 aromatic heterocycles. The van der Waals surface area contributed by atoms with Crippen LogP contribution in [0, 0.1) is 5.92 Å². The van der Waals surface area contributed by atoms with E-state index in [1.54, 1.807) is 18.4 Å². The molecular weight excluding hydrogens is 308 g/mol. The number of amides is 2. The number of hydrogen-bond donors (Lipinski definition) is 4.